The highest BCUT2D eigenvalue weighted by atomic mass is 16.5. The Kier molecular flexibility index (Phi) is 7.10. The number of Topliss-reactive ketones (excluding diaryl/α,β-unsaturated/α-hetero) is 1. The highest BCUT2D eigenvalue weighted by Gasteiger charge is 2.46. The Labute approximate surface area is 203 Å². The number of aliphatic hydroxyl groups is 1. The maximum Gasteiger partial charge on any atom is 0.296 e. The lowest BCUT2D eigenvalue weighted by molar-refractivity contribution is -0.140. The van der Waals surface area contributed by atoms with Gasteiger partial charge in [0, 0.05) is 5.56 Å². The first-order valence-electron chi connectivity index (χ1n) is 11.4. The van der Waals surface area contributed by atoms with Crippen molar-refractivity contribution in [1.82, 2.24) is 4.90 Å². The molecular weight excluding hydrogens is 450 g/mol. The van der Waals surface area contributed by atoms with E-state index in [0.717, 1.165) is 6.42 Å². The molecule has 2 N–H and O–H groups in total. The normalized spacial score (nSPS) is 17.1. The van der Waals surface area contributed by atoms with Gasteiger partial charge in [-0.25, -0.2) is 0 Å². The molecule has 2 heterocycles. The molecule has 2 aromatic carbocycles. The number of rotatable bonds is 9. The fraction of sp³-hybridized carbons (Fsp3) is 0.259. The summed E-state index contributed by atoms with van der Waals surface area (Å²) in [5, 5.41) is 21.5. The summed E-state index contributed by atoms with van der Waals surface area (Å²) in [7, 11) is 0. The van der Waals surface area contributed by atoms with Crippen molar-refractivity contribution in [3.05, 3.63) is 83.3 Å². The predicted octanol–water partition coefficient (Wildman–Crippen LogP) is 4.79. The van der Waals surface area contributed by atoms with Gasteiger partial charge >= 0.3 is 0 Å². The molecule has 0 bridgehead atoms. The molecule has 1 fully saturated rings. The average Bonchev–Trinajstić information content (AvgIpc) is 3.46. The third kappa shape index (κ3) is 4.87. The average molecular weight is 478 g/mol. The van der Waals surface area contributed by atoms with Crippen LogP contribution in [0.5, 0.6) is 17.2 Å². The number of nitrogens with zero attached hydrogens (tertiary/aromatic N) is 1. The van der Waals surface area contributed by atoms with Crippen LogP contribution in [-0.2, 0) is 16.1 Å². The fourth-order valence-corrected chi connectivity index (χ4v) is 4.04. The molecule has 1 unspecified atom stereocenters. The second kappa shape index (κ2) is 10.4. The summed E-state index contributed by atoms with van der Waals surface area (Å²) >= 11 is 0. The Bertz CT molecular complexity index is 1250. The number of likely N-dealkylation sites (tertiary alicyclic amines) is 1. The third-order valence-corrected chi connectivity index (χ3v) is 5.63. The number of ketones is 1. The predicted molar refractivity (Wildman–Crippen MR) is 128 cm³/mol. The van der Waals surface area contributed by atoms with E-state index < -0.39 is 17.7 Å². The molecule has 8 nitrogen and oxygen atoms in total. The summed E-state index contributed by atoms with van der Waals surface area (Å²) < 4.78 is 16.6. The molecule has 1 amide bonds. The summed E-state index contributed by atoms with van der Waals surface area (Å²) in [4.78, 5) is 27.7. The highest BCUT2D eigenvalue weighted by Crippen LogP contribution is 2.42. The van der Waals surface area contributed by atoms with E-state index in [1.165, 1.54) is 17.2 Å². The molecule has 4 rings (SSSR count). The van der Waals surface area contributed by atoms with Gasteiger partial charge in [0.1, 0.15) is 17.3 Å². The lowest BCUT2D eigenvalue weighted by atomic mass is 9.95. The zero-order chi connectivity index (χ0) is 24.9. The molecular formula is C27H27NO7. The van der Waals surface area contributed by atoms with Gasteiger partial charge in [-0.05, 0) is 55.3 Å². The number of aromatic hydroxyl groups is 1. The summed E-state index contributed by atoms with van der Waals surface area (Å²) in [6, 6.07) is 13.8. The van der Waals surface area contributed by atoms with Gasteiger partial charge in [-0.3, -0.25) is 9.59 Å². The number of hydrogen-bond donors (Lipinski definition) is 2. The zero-order valence-corrected chi connectivity index (χ0v) is 19.6. The van der Waals surface area contributed by atoms with Crippen LogP contribution in [-0.4, -0.2) is 40.0 Å². The molecule has 3 aromatic rings. The van der Waals surface area contributed by atoms with Crippen LogP contribution in [0.1, 0.15) is 43.2 Å². The lowest BCUT2D eigenvalue weighted by Crippen LogP contribution is -2.29. The maximum absolute atomic E-state index is 13.2. The number of benzene rings is 2. The van der Waals surface area contributed by atoms with Gasteiger partial charge in [-0.1, -0.05) is 25.1 Å². The molecule has 1 aliphatic rings. The summed E-state index contributed by atoms with van der Waals surface area (Å²) in [6.45, 7) is 4.60. The van der Waals surface area contributed by atoms with Crippen molar-refractivity contribution >= 4 is 17.4 Å². The van der Waals surface area contributed by atoms with Crippen LogP contribution < -0.4 is 9.47 Å². The molecule has 0 radical (unpaired) electrons. The summed E-state index contributed by atoms with van der Waals surface area (Å²) in [5.41, 5.74) is 0.780. The van der Waals surface area contributed by atoms with Crippen molar-refractivity contribution in [2.24, 2.45) is 0 Å². The molecule has 1 atom stereocenters. The molecule has 35 heavy (non-hydrogen) atoms. The SMILES string of the molecule is CCCOc1cccc(C(O)=C2C(=O)C(=O)N(Cc3ccco3)C2c2ccc(O)c(OCC)c2)c1. The van der Waals surface area contributed by atoms with Crippen LogP contribution in [0.4, 0.5) is 0 Å². The number of phenolic OH excluding ortho intramolecular Hbond substituents is 1. The number of carbonyl (C=O) groups is 2. The topological polar surface area (TPSA) is 109 Å². The van der Waals surface area contributed by atoms with Gasteiger partial charge in [0.05, 0.1) is 37.6 Å². The summed E-state index contributed by atoms with van der Waals surface area (Å²) in [5.74, 6) is -0.732. The van der Waals surface area contributed by atoms with Crippen LogP contribution >= 0.6 is 0 Å². The zero-order valence-electron chi connectivity index (χ0n) is 19.6. The highest BCUT2D eigenvalue weighted by molar-refractivity contribution is 6.46. The van der Waals surface area contributed by atoms with E-state index in [1.807, 2.05) is 6.92 Å². The number of furan rings is 1. The van der Waals surface area contributed by atoms with Crippen LogP contribution in [0.15, 0.2) is 70.9 Å². The van der Waals surface area contributed by atoms with Gasteiger partial charge in [0.25, 0.3) is 11.7 Å². The number of carbonyl (C=O) groups excluding carboxylic acids is 2. The Morgan fingerprint density at radius 3 is 2.60 bits per heavy atom. The Morgan fingerprint density at radius 1 is 1.06 bits per heavy atom. The van der Waals surface area contributed by atoms with Crippen molar-refractivity contribution in [3.8, 4) is 17.2 Å². The van der Waals surface area contributed by atoms with Crippen molar-refractivity contribution < 1.29 is 33.7 Å². The minimum atomic E-state index is -0.930. The van der Waals surface area contributed by atoms with E-state index in [4.69, 9.17) is 13.9 Å². The van der Waals surface area contributed by atoms with Gasteiger partial charge in [0.2, 0.25) is 0 Å². The van der Waals surface area contributed by atoms with Crippen LogP contribution in [0.3, 0.4) is 0 Å². The van der Waals surface area contributed by atoms with E-state index in [2.05, 4.69) is 0 Å². The molecule has 0 spiro atoms. The number of hydrogen-bond acceptors (Lipinski definition) is 7. The molecule has 1 saturated heterocycles. The first kappa shape index (κ1) is 23.9. The second-order valence-corrected chi connectivity index (χ2v) is 8.04. The molecule has 8 heteroatoms. The number of amides is 1. The largest absolute Gasteiger partial charge is 0.507 e. The fourth-order valence-electron chi connectivity index (χ4n) is 4.04. The van der Waals surface area contributed by atoms with E-state index in [1.54, 1.807) is 55.5 Å². The summed E-state index contributed by atoms with van der Waals surface area (Å²) in [6.07, 6.45) is 2.30. The molecule has 1 aromatic heterocycles. The quantitative estimate of drug-likeness (QED) is 0.259. The van der Waals surface area contributed by atoms with Gasteiger partial charge in [-0.15, -0.1) is 0 Å². The molecule has 182 valence electrons. The van der Waals surface area contributed by atoms with E-state index in [-0.39, 0.29) is 29.4 Å². The monoisotopic (exact) mass is 477 g/mol. The van der Waals surface area contributed by atoms with Crippen molar-refractivity contribution in [2.45, 2.75) is 32.9 Å². The standard InChI is InChI=1S/C27H27NO7/c1-3-12-34-19-8-5-7-18(14-19)25(30)23-24(17-10-11-21(29)22(15-17)33-4-2)28(27(32)26(23)31)16-20-9-6-13-35-20/h5-11,13-15,24,29-30H,3-4,12,16H2,1-2H3. The van der Waals surface area contributed by atoms with E-state index in [0.29, 0.717) is 35.9 Å². The van der Waals surface area contributed by atoms with Crippen LogP contribution in [0, 0.1) is 0 Å². The van der Waals surface area contributed by atoms with Gasteiger partial charge < -0.3 is 29.0 Å². The molecule has 0 saturated carbocycles. The Morgan fingerprint density at radius 2 is 1.89 bits per heavy atom. The molecule has 0 aliphatic carbocycles. The minimum Gasteiger partial charge on any atom is -0.507 e. The third-order valence-electron chi connectivity index (χ3n) is 5.63. The Balaban J connectivity index is 1.85. The smallest absolute Gasteiger partial charge is 0.296 e. The van der Waals surface area contributed by atoms with E-state index in [9.17, 15) is 19.8 Å². The lowest BCUT2D eigenvalue weighted by Gasteiger charge is -2.25. The van der Waals surface area contributed by atoms with Gasteiger partial charge in [-0.2, -0.15) is 0 Å². The van der Waals surface area contributed by atoms with Crippen molar-refractivity contribution in [2.75, 3.05) is 13.2 Å². The first-order chi connectivity index (χ1) is 16.9. The van der Waals surface area contributed by atoms with Crippen molar-refractivity contribution in [1.29, 1.82) is 0 Å². The van der Waals surface area contributed by atoms with E-state index >= 15 is 0 Å². The molecule has 1 aliphatic heterocycles. The second-order valence-electron chi connectivity index (χ2n) is 8.04. The first-order valence-corrected chi connectivity index (χ1v) is 11.4. The Hall–Kier alpha value is -4.20. The number of aliphatic hydroxyl groups excluding tert-OH is 1. The van der Waals surface area contributed by atoms with Crippen molar-refractivity contribution in [3.63, 3.8) is 0 Å². The number of ether oxygens (including phenoxy) is 2. The maximum atomic E-state index is 13.2. The number of phenols is 1. The van der Waals surface area contributed by atoms with Crippen LogP contribution in [0.25, 0.3) is 5.76 Å². The minimum absolute atomic E-state index is 0.0174. The van der Waals surface area contributed by atoms with Gasteiger partial charge in [0.15, 0.2) is 11.5 Å². The van der Waals surface area contributed by atoms with Crippen LogP contribution in [0.2, 0.25) is 0 Å².